The van der Waals surface area contributed by atoms with Crippen LogP contribution in [0.25, 0.3) is 0 Å². The van der Waals surface area contributed by atoms with Crippen LogP contribution in [-0.2, 0) is 4.79 Å². The van der Waals surface area contributed by atoms with E-state index < -0.39 is 0 Å². The molecule has 2 atom stereocenters. The summed E-state index contributed by atoms with van der Waals surface area (Å²) in [6.45, 7) is 3.32. The minimum atomic E-state index is -0.366. The van der Waals surface area contributed by atoms with E-state index in [1.165, 1.54) is 0 Å². The highest BCUT2D eigenvalue weighted by molar-refractivity contribution is 5.82. The number of β-amino-alcohol motifs (C(OH)–C–C–N with tert-alkyl or cyclic N) is 1. The Labute approximate surface area is 91.6 Å². The molecule has 0 spiro atoms. The fraction of sp³-hybridized carbons (Fsp3) is 0.909. The van der Waals surface area contributed by atoms with Gasteiger partial charge in [0.1, 0.15) is 0 Å². The van der Waals surface area contributed by atoms with Crippen molar-refractivity contribution in [3.05, 3.63) is 0 Å². The van der Waals surface area contributed by atoms with E-state index in [-0.39, 0.29) is 18.1 Å². The van der Waals surface area contributed by atoms with E-state index in [4.69, 9.17) is 0 Å². The number of aliphatic hydroxyl groups is 1. The van der Waals surface area contributed by atoms with E-state index in [1.807, 2.05) is 14.0 Å². The molecule has 15 heavy (non-hydrogen) atoms. The SMILES string of the molecule is CCCC(O)CN1CCCC(NC)C1=O. The van der Waals surface area contributed by atoms with Crippen LogP contribution in [0, 0.1) is 0 Å². The first-order chi connectivity index (χ1) is 7.19. The Morgan fingerprint density at radius 3 is 3.00 bits per heavy atom. The molecule has 0 saturated carbocycles. The summed E-state index contributed by atoms with van der Waals surface area (Å²) in [6.07, 6.45) is 3.30. The van der Waals surface area contributed by atoms with E-state index in [0.717, 1.165) is 32.2 Å². The van der Waals surface area contributed by atoms with Crippen molar-refractivity contribution < 1.29 is 9.90 Å². The van der Waals surface area contributed by atoms with Gasteiger partial charge in [0, 0.05) is 13.1 Å². The number of likely N-dealkylation sites (N-methyl/N-ethyl adjacent to an activating group) is 1. The molecular weight excluding hydrogens is 192 g/mol. The third-order valence-corrected chi connectivity index (χ3v) is 2.93. The molecule has 88 valence electrons. The molecule has 1 rings (SSSR count). The topological polar surface area (TPSA) is 52.6 Å². The molecule has 1 aliphatic rings. The second kappa shape index (κ2) is 6.08. The van der Waals surface area contributed by atoms with Gasteiger partial charge in [0.05, 0.1) is 12.1 Å². The molecule has 0 aromatic heterocycles. The molecule has 0 aliphatic carbocycles. The van der Waals surface area contributed by atoms with Crippen LogP contribution in [0.3, 0.4) is 0 Å². The summed E-state index contributed by atoms with van der Waals surface area (Å²) < 4.78 is 0. The third kappa shape index (κ3) is 3.47. The Bertz CT molecular complexity index is 209. The quantitative estimate of drug-likeness (QED) is 0.694. The van der Waals surface area contributed by atoms with E-state index in [0.29, 0.717) is 6.54 Å². The molecule has 4 nitrogen and oxygen atoms in total. The minimum absolute atomic E-state index is 0.0485. The normalized spacial score (nSPS) is 24.3. The van der Waals surface area contributed by atoms with Gasteiger partial charge in [-0.2, -0.15) is 0 Å². The fourth-order valence-corrected chi connectivity index (χ4v) is 2.07. The number of hydrogen-bond acceptors (Lipinski definition) is 3. The lowest BCUT2D eigenvalue weighted by Gasteiger charge is -2.33. The van der Waals surface area contributed by atoms with E-state index in [2.05, 4.69) is 5.32 Å². The molecule has 4 heteroatoms. The molecule has 1 aliphatic heterocycles. The lowest BCUT2D eigenvalue weighted by atomic mass is 10.0. The molecule has 2 unspecified atom stereocenters. The van der Waals surface area contributed by atoms with Crippen molar-refractivity contribution in [2.45, 2.75) is 44.8 Å². The molecule has 0 bridgehead atoms. The summed E-state index contributed by atoms with van der Waals surface area (Å²) in [6, 6.07) is -0.0485. The third-order valence-electron chi connectivity index (χ3n) is 2.93. The molecule has 2 N–H and O–H groups in total. The van der Waals surface area contributed by atoms with E-state index in [1.54, 1.807) is 4.90 Å². The number of nitrogens with zero attached hydrogens (tertiary/aromatic N) is 1. The van der Waals surface area contributed by atoms with Gasteiger partial charge in [0.25, 0.3) is 0 Å². The smallest absolute Gasteiger partial charge is 0.239 e. The number of hydrogen-bond donors (Lipinski definition) is 2. The van der Waals surface area contributed by atoms with Gasteiger partial charge in [-0.15, -0.1) is 0 Å². The molecule has 1 heterocycles. The zero-order valence-corrected chi connectivity index (χ0v) is 9.70. The Hall–Kier alpha value is -0.610. The summed E-state index contributed by atoms with van der Waals surface area (Å²) >= 11 is 0. The number of rotatable bonds is 5. The first-order valence-electron chi connectivity index (χ1n) is 5.83. The predicted octanol–water partition coefficient (Wildman–Crippen LogP) is 0.358. The lowest BCUT2D eigenvalue weighted by Crippen LogP contribution is -2.51. The Balaban J connectivity index is 2.43. The standard InChI is InChI=1S/C11H22N2O2/c1-3-5-9(14)8-13-7-4-6-10(12-2)11(13)15/h9-10,12,14H,3-8H2,1-2H3. The molecule has 0 radical (unpaired) electrons. The van der Waals surface area contributed by atoms with Crippen LogP contribution in [0.5, 0.6) is 0 Å². The maximum absolute atomic E-state index is 11.8. The molecule has 0 aromatic carbocycles. The van der Waals surface area contributed by atoms with Crippen LogP contribution < -0.4 is 5.32 Å². The van der Waals surface area contributed by atoms with Crippen LogP contribution in [0.4, 0.5) is 0 Å². The highest BCUT2D eigenvalue weighted by atomic mass is 16.3. The number of nitrogens with one attached hydrogen (secondary N) is 1. The number of piperidine rings is 1. The van der Waals surface area contributed by atoms with Crippen molar-refractivity contribution in [2.24, 2.45) is 0 Å². The fourth-order valence-electron chi connectivity index (χ4n) is 2.07. The van der Waals surface area contributed by atoms with E-state index in [9.17, 15) is 9.90 Å². The largest absolute Gasteiger partial charge is 0.391 e. The Morgan fingerprint density at radius 2 is 2.40 bits per heavy atom. The lowest BCUT2D eigenvalue weighted by molar-refractivity contribution is -0.137. The van der Waals surface area contributed by atoms with Gasteiger partial charge in [0.2, 0.25) is 5.91 Å². The summed E-state index contributed by atoms with van der Waals surface area (Å²) in [5, 5.41) is 12.7. The highest BCUT2D eigenvalue weighted by Crippen LogP contribution is 2.12. The second-order valence-corrected chi connectivity index (χ2v) is 4.21. The predicted molar refractivity (Wildman–Crippen MR) is 59.6 cm³/mol. The maximum atomic E-state index is 11.8. The number of carbonyl (C=O) groups is 1. The first-order valence-corrected chi connectivity index (χ1v) is 5.83. The van der Waals surface area contributed by atoms with Gasteiger partial charge in [-0.1, -0.05) is 13.3 Å². The maximum Gasteiger partial charge on any atom is 0.239 e. The second-order valence-electron chi connectivity index (χ2n) is 4.21. The van der Waals surface area contributed by atoms with Crippen LogP contribution in [-0.4, -0.2) is 48.2 Å². The molecular formula is C11H22N2O2. The summed E-state index contributed by atoms with van der Waals surface area (Å²) in [5.41, 5.74) is 0. The van der Waals surface area contributed by atoms with Crippen LogP contribution >= 0.6 is 0 Å². The zero-order chi connectivity index (χ0) is 11.3. The molecule has 1 saturated heterocycles. The van der Waals surface area contributed by atoms with Gasteiger partial charge in [-0.05, 0) is 26.3 Å². The monoisotopic (exact) mass is 214 g/mol. The molecule has 0 aromatic rings. The van der Waals surface area contributed by atoms with Crippen molar-refractivity contribution in [1.29, 1.82) is 0 Å². The summed E-state index contributed by atoms with van der Waals surface area (Å²) in [4.78, 5) is 13.6. The van der Waals surface area contributed by atoms with Crippen molar-refractivity contribution in [3.63, 3.8) is 0 Å². The first kappa shape index (κ1) is 12.5. The van der Waals surface area contributed by atoms with Crippen molar-refractivity contribution in [1.82, 2.24) is 10.2 Å². The Morgan fingerprint density at radius 1 is 1.67 bits per heavy atom. The van der Waals surface area contributed by atoms with Gasteiger partial charge in [-0.25, -0.2) is 0 Å². The zero-order valence-electron chi connectivity index (χ0n) is 9.70. The van der Waals surface area contributed by atoms with Gasteiger partial charge >= 0.3 is 0 Å². The Kier molecular flexibility index (Phi) is 5.05. The summed E-state index contributed by atoms with van der Waals surface area (Å²) in [7, 11) is 1.81. The van der Waals surface area contributed by atoms with Crippen LogP contribution in [0.1, 0.15) is 32.6 Å². The van der Waals surface area contributed by atoms with Gasteiger partial charge in [-0.3, -0.25) is 4.79 Å². The minimum Gasteiger partial charge on any atom is -0.391 e. The average molecular weight is 214 g/mol. The average Bonchev–Trinajstić information content (AvgIpc) is 2.21. The molecule has 1 amide bonds. The van der Waals surface area contributed by atoms with Crippen LogP contribution in [0.2, 0.25) is 0 Å². The number of amides is 1. The van der Waals surface area contributed by atoms with Gasteiger partial charge in [0.15, 0.2) is 0 Å². The highest BCUT2D eigenvalue weighted by Gasteiger charge is 2.28. The van der Waals surface area contributed by atoms with E-state index >= 15 is 0 Å². The van der Waals surface area contributed by atoms with Crippen molar-refractivity contribution in [2.75, 3.05) is 20.1 Å². The number of carbonyl (C=O) groups excluding carboxylic acids is 1. The summed E-state index contributed by atoms with van der Waals surface area (Å²) in [5.74, 6) is 0.138. The van der Waals surface area contributed by atoms with Crippen LogP contribution in [0.15, 0.2) is 0 Å². The van der Waals surface area contributed by atoms with Crippen molar-refractivity contribution in [3.8, 4) is 0 Å². The van der Waals surface area contributed by atoms with Crippen molar-refractivity contribution >= 4 is 5.91 Å². The molecule has 1 fully saturated rings. The van der Waals surface area contributed by atoms with Gasteiger partial charge < -0.3 is 15.3 Å². The number of likely N-dealkylation sites (tertiary alicyclic amines) is 1. The number of aliphatic hydroxyl groups excluding tert-OH is 1.